The molecule has 1 aliphatic heterocycles. The van der Waals surface area contributed by atoms with Gasteiger partial charge >= 0.3 is 0 Å². The van der Waals surface area contributed by atoms with E-state index in [-0.39, 0.29) is 5.78 Å². The van der Waals surface area contributed by atoms with Crippen molar-refractivity contribution in [1.29, 1.82) is 0 Å². The zero-order chi connectivity index (χ0) is 10.8. The van der Waals surface area contributed by atoms with Crippen LogP contribution in [-0.4, -0.2) is 17.4 Å². The van der Waals surface area contributed by atoms with Gasteiger partial charge in [0.2, 0.25) is 5.78 Å². The summed E-state index contributed by atoms with van der Waals surface area (Å²) in [5.74, 6) is 0.478. The van der Waals surface area contributed by atoms with Gasteiger partial charge in [0.25, 0.3) is 0 Å². The maximum absolute atomic E-state index is 12.0. The smallest absolute Gasteiger partial charge is 0.239 e. The molecular formula is C11H13NO2S. The molecule has 0 saturated carbocycles. The Kier molecular flexibility index (Phi) is 2.86. The second-order valence-corrected chi connectivity index (χ2v) is 4.74. The summed E-state index contributed by atoms with van der Waals surface area (Å²) < 4.78 is 5.35. The quantitative estimate of drug-likeness (QED) is 0.723. The first-order valence-corrected chi connectivity index (χ1v) is 5.82. The largest absolute Gasteiger partial charge is 0.490 e. The fourth-order valence-electron chi connectivity index (χ4n) is 1.57. The lowest BCUT2D eigenvalue weighted by molar-refractivity contribution is 0.0902. The van der Waals surface area contributed by atoms with Crippen molar-refractivity contribution in [2.75, 3.05) is 6.61 Å². The molecule has 1 aliphatic rings. The van der Waals surface area contributed by atoms with E-state index in [0.29, 0.717) is 17.2 Å². The third-order valence-electron chi connectivity index (χ3n) is 2.27. The zero-order valence-corrected chi connectivity index (χ0v) is 9.69. The predicted octanol–water partition coefficient (Wildman–Crippen LogP) is 2.64. The van der Waals surface area contributed by atoms with Crippen LogP contribution in [-0.2, 0) is 4.74 Å². The van der Waals surface area contributed by atoms with Crippen molar-refractivity contribution in [3.63, 3.8) is 0 Å². The maximum Gasteiger partial charge on any atom is 0.239 e. The summed E-state index contributed by atoms with van der Waals surface area (Å²) in [7, 11) is 0. The topological polar surface area (TPSA) is 39.2 Å². The lowest BCUT2D eigenvalue weighted by Crippen LogP contribution is -2.11. The first-order valence-electron chi connectivity index (χ1n) is 5.00. The number of hydrogen-bond acceptors (Lipinski definition) is 4. The van der Waals surface area contributed by atoms with Crippen LogP contribution >= 0.6 is 11.3 Å². The molecule has 80 valence electrons. The maximum atomic E-state index is 12.0. The molecule has 0 fully saturated rings. The molecule has 4 heteroatoms. The minimum Gasteiger partial charge on any atom is -0.490 e. The monoisotopic (exact) mass is 223 g/mol. The molecule has 15 heavy (non-hydrogen) atoms. The van der Waals surface area contributed by atoms with Crippen molar-refractivity contribution in [3.05, 3.63) is 27.4 Å². The van der Waals surface area contributed by atoms with Crippen molar-refractivity contribution in [2.24, 2.45) is 0 Å². The Hall–Kier alpha value is -1.16. The molecule has 0 atom stereocenters. The number of ketones is 1. The van der Waals surface area contributed by atoms with Crippen molar-refractivity contribution >= 4 is 17.1 Å². The number of rotatable bonds is 2. The molecule has 0 bridgehead atoms. The highest BCUT2D eigenvalue weighted by Crippen LogP contribution is 2.23. The van der Waals surface area contributed by atoms with Gasteiger partial charge in [0.05, 0.1) is 17.3 Å². The number of thiazole rings is 1. The Morgan fingerprint density at radius 3 is 2.87 bits per heavy atom. The minimum atomic E-state index is -0.0159. The SMILES string of the molecule is Cc1nc(C)c(C(=O)C2=CCCCO2)s1. The van der Waals surface area contributed by atoms with E-state index < -0.39 is 0 Å². The standard InChI is InChI=1S/C11H13NO2S/c1-7-11(15-8(2)12-7)10(13)9-5-3-4-6-14-9/h5H,3-4,6H2,1-2H3. The molecule has 1 aromatic rings. The van der Waals surface area contributed by atoms with E-state index >= 15 is 0 Å². The van der Waals surface area contributed by atoms with Crippen LogP contribution in [0.4, 0.5) is 0 Å². The number of aryl methyl sites for hydroxylation is 2. The van der Waals surface area contributed by atoms with E-state index in [1.807, 2.05) is 19.9 Å². The van der Waals surface area contributed by atoms with Gasteiger partial charge in [-0.1, -0.05) is 0 Å². The van der Waals surface area contributed by atoms with Gasteiger partial charge in [-0.2, -0.15) is 0 Å². The summed E-state index contributed by atoms with van der Waals surface area (Å²) in [6.07, 6.45) is 3.80. The summed E-state index contributed by atoms with van der Waals surface area (Å²) in [6.45, 7) is 4.42. The van der Waals surface area contributed by atoms with Crippen LogP contribution < -0.4 is 0 Å². The Balaban J connectivity index is 2.27. The number of carbonyl (C=O) groups excluding carboxylic acids is 1. The van der Waals surface area contributed by atoms with Crippen LogP contribution in [0.3, 0.4) is 0 Å². The number of Topliss-reactive ketones (excluding diaryl/α,β-unsaturated/α-hetero) is 1. The van der Waals surface area contributed by atoms with E-state index in [0.717, 1.165) is 23.5 Å². The minimum absolute atomic E-state index is 0.0159. The number of allylic oxidation sites excluding steroid dienone is 2. The van der Waals surface area contributed by atoms with Crippen molar-refractivity contribution < 1.29 is 9.53 Å². The average Bonchev–Trinajstić information content (AvgIpc) is 2.58. The Morgan fingerprint density at radius 1 is 1.53 bits per heavy atom. The number of hydrogen-bond donors (Lipinski definition) is 0. The second kappa shape index (κ2) is 4.14. The van der Waals surface area contributed by atoms with E-state index in [4.69, 9.17) is 4.74 Å². The third-order valence-corrected chi connectivity index (χ3v) is 3.34. The van der Waals surface area contributed by atoms with Gasteiger partial charge in [0.15, 0.2) is 5.76 Å². The molecule has 0 radical (unpaired) electrons. The van der Waals surface area contributed by atoms with Gasteiger partial charge in [-0.05, 0) is 32.8 Å². The van der Waals surface area contributed by atoms with Crippen LogP contribution in [0.1, 0.15) is 33.2 Å². The van der Waals surface area contributed by atoms with Crippen LogP contribution in [0.5, 0.6) is 0 Å². The van der Waals surface area contributed by atoms with Crippen LogP contribution in [0, 0.1) is 13.8 Å². The van der Waals surface area contributed by atoms with Gasteiger partial charge in [-0.3, -0.25) is 4.79 Å². The number of aromatic nitrogens is 1. The van der Waals surface area contributed by atoms with Gasteiger partial charge in [0.1, 0.15) is 4.88 Å². The first-order chi connectivity index (χ1) is 7.18. The highest BCUT2D eigenvalue weighted by molar-refractivity contribution is 7.13. The molecule has 0 spiro atoms. The van der Waals surface area contributed by atoms with Crippen molar-refractivity contribution in [3.8, 4) is 0 Å². The normalized spacial score (nSPS) is 15.7. The summed E-state index contributed by atoms with van der Waals surface area (Å²) >= 11 is 1.43. The van der Waals surface area contributed by atoms with Crippen LogP contribution in [0.15, 0.2) is 11.8 Å². The molecule has 3 nitrogen and oxygen atoms in total. The molecule has 0 amide bonds. The predicted molar refractivity (Wildman–Crippen MR) is 59.2 cm³/mol. The third kappa shape index (κ3) is 2.09. The molecule has 0 unspecified atom stereocenters. The molecule has 2 heterocycles. The van der Waals surface area contributed by atoms with Gasteiger partial charge in [-0.25, -0.2) is 4.98 Å². The van der Waals surface area contributed by atoms with E-state index in [1.54, 1.807) is 0 Å². The Morgan fingerprint density at radius 2 is 2.33 bits per heavy atom. The van der Waals surface area contributed by atoms with Gasteiger partial charge in [-0.15, -0.1) is 11.3 Å². The molecular weight excluding hydrogens is 210 g/mol. The Bertz CT molecular complexity index is 420. The zero-order valence-electron chi connectivity index (χ0n) is 8.87. The summed E-state index contributed by atoms with van der Waals surface area (Å²) in [5, 5.41) is 0.923. The fourth-order valence-corrected chi connectivity index (χ4v) is 2.43. The molecule has 0 N–H and O–H groups in total. The fraction of sp³-hybridized carbons (Fsp3) is 0.455. The van der Waals surface area contributed by atoms with E-state index in [1.165, 1.54) is 11.3 Å². The lowest BCUT2D eigenvalue weighted by atomic mass is 10.1. The molecule has 1 aromatic heterocycles. The Labute approximate surface area is 92.8 Å². The van der Waals surface area contributed by atoms with Crippen molar-refractivity contribution in [1.82, 2.24) is 4.98 Å². The van der Waals surface area contributed by atoms with Crippen LogP contribution in [0.25, 0.3) is 0 Å². The molecule has 0 saturated heterocycles. The van der Waals surface area contributed by atoms with Gasteiger partial charge in [0, 0.05) is 0 Å². The lowest BCUT2D eigenvalue weighted by Gasteiger charge is -2.12. The van der Waals surface area contributed by atoms with Crippen molar-refractivity contribution in [2.45, 2.75) is 26.7 Å². The summed E-state index contributed by atoms with van der Waals surface area (Å²) in [5.41, 5.74) is 0.803. The van der Waals surface area contributed by atoms with Crippen LogP contribution in [0.2, 0.25) is 0 Å². The summed E-state index contributed by atoms with van der Waals surface area (Å²) in [6, 6.07) is 0. The molecule has 0 aliphatic carbocycles. The molecule has 2 rings (SSSR count). The van der Waals surface area contributed by atoms with E-state index in [9.17, 15) is 4.79 Å². The highest BCUT2D eigenvalue weighted by Gasteiger charge is 2.20. The van der Waals surface area contributed by atoms with Gasteiger partial charge < -0.3 is 4.74 Å². The number of carbonyl (C=O) groups is 1. The highest BCUT2D eigenvalue weighted by atomic mass is 32.1. The summed E-state index contributed by atoms with van der Waals surface area (Å²) in [4.78, 5) is 17.0. The number of ether oxygens (including phenoxy) is 1. The number of nitrogens with zero attached hydrogens (tertiary/aromatic N) is 1. The second-order valence-electron chi connectivity index (χ2n) is 3.54. The average molecular weight is 223 g/mol. The molecule has 0 aromatic carbocycles. The first kappa shape index (κ1) is 10.4. The van der Waals surface area contributed by atoms with E-state index in [2.05, 4.69) is 4.98 Å².